The zero-order valence-corrected chi connectivity index (χ0v) is 13.6. The SMILES string of the molecule is Cc1cc(C)n(-c2nc3nonc3nc2Nc2ccc(Cl)cc2)n1. The van der Waals surface area contributed by atoms with Crippen LogP contribution < -0.4 is 5.32 Å². The number of nitrogens with one attached hydrogen (secondary N) is 1. The normalized spacial score (nSPS) is 11.1. The first-order chi connectivity index (χ1) is 11.6. The van der Waals surface area contributed by atoms with E-state index in [0.717, 1.165) is 17.1 Å². The van der Waals surface area contributed by atoms with Gasteiger partial charge in [-0.05, 0) is 54.5 Å². The molecule has 0 fully saturated rings. The summed E-state index contributed by atoms with van der Waals surface area (Å²) < 4.78 is 6.42. The third kappa shape index (κ3) is 2.56. The predicted molar refractivity (Wildman–Crippen MR) is 88.7 cm³/mol. The van der Waals surface area contributed by atoms with E-state index in [1.165, 1.54) is 0 Å². The second-order valence-corrected chi connectivity index (χ2v) is 5.71. The van der Waals surface area contributed by atoms with Crippen LogP contribution in [0.3, 0.4) is 0 Å². The maximum absolute atomic E-state index is 5.93. The molecule has 4 aromatic rings. The first kappa shape index (κ1) is 14.6. The Kier molecular flexibility index (Phi) is 3.39. The van der Waals surface area contributed by atoms with Crippen LogP contribution in [-0.4, -0.2) is 30.1 Å². The molecule has 3 heterocycles. The molecule has 0 aliphatic rings. The number of halogens is 1. The molecule has 24 heavy (non-hydrogen) atoms. The van der Waals surface area contributed by atoms with E-state index in [1.807, 2.05) is 32.0 Å². The van der Waals surface area contributed by atoms with E-state index in [0.29, 0.717) is 28.0 Å². The van der Waals surface area contributed by atoms with Crippen LogP contribution in [0.2, 0.25) is 5.02 Å². The molecule has 0 aliphatic carbocycles. The van der Waals surface area contributed by atoms with Crippen molar-refractivity contribution in [1.29, 1.82) is 0 Å². The van der Waals surface area contributed by atoms with E-state index >= 15 is 0 Å². The molecule has 1 aromatic carbocycles. The molecule has 0 atom stereocenters. The fourth-order valence-corrected chi connectivity index (χ4v) is 2.50. The Morgan fingerprint density at radius 1 is 1.04 bits per heavy atom. The molecular formula is C15H12ClN7O. The zero-order chi connectivity index (χ0) is 16.7. The fraction of sp³-hybridized carbons (Fsp3) is 0.133. The van der Waals surface area contributed by atoms with Crippen LogP contribution >= 0.6 is 11.6 Å². The molecule has 0 saturated heterocycles. The summed E-state index contributed by atoms with van der Waals surface area (Å²) in [6, 6.07) is 9.23. The van der Waals surface area contributed by atoms with Gasteiger partial charge >= 0.3 is 0 Å². The minimum absolute atomic E-state index is 0.316. The molecule has 3 aromatic heterocycles. The van der Waals surface area contributed by atoms with Crippen molar-refractivity contribution >= 4 is 34.4 Å². The number of benzene rings is 1. The number of aromatic nitrogens is 6. The Bertz CT molecular complexity index is 1020. The average molecular weight is 342 g/mol. The van der Waals surface area contributed by atoms with Gasteiger partial charge in [0.25, 0.3) is 0 Å². The molecule has 0 radical (unpaired) electrons. The number of nitrogens with zero attached hydrogens (tertiary/aromatic N) is 6. The van der Waals surface area contributed by atoms with Crippen LogP contribution in [0.5, 0.6) is 0 Å². The lowest BCUT2D eigenvalue weighted by Crippen LogP contribution is -2.08. The van der Waals surface area contributed by atoms with Crippen LogP contribution in [-0.2, 0) is 0 Å². The van der Waals surface area contributed by atoms with Gasteiger partial charge in [-0.3, -0.25) is 0 Å². The van der Waals surface area contributed by atoms with E-state index in [-0.39, 0.29) is 0 Å². The molecule has 8 nitrogen and oxygen atoms in total. The van der Waals surface area contributed by atoms with Gasteiger partial charge in [0.2, 0.25) is 11.3 Å². The molecule has 0 amide bonds. The Morgan fingerprint density at radius 3 is 2.42 bits per heavy atom. The summed E-state index contributed by atoms with van der Waals surface area (Å²) in [6.07, 6.45) is 0. The van der Waals surface area contributed by atoms with Crippen molar-refractivity contribution in [2.24, 2.45) is 0 Å². The highest BCUT2D eigenvalue weighted by molar-refractivity contribution is 6.30. The second-order valence-electron chi connectivity index (χ2n) is 5.28. The third-order valence-corrected chi connectivity index (χ3v) is 3.67. The molecule has 120 valence electrons. The quantitative estimate of drug-likeness (QED) is 0.611. The van der Waals surface area contributed by atoms with Gasteiger partial charge in [0, 0.05) is 16.4 Å². The number of aryl methyl sites for hydroxylation is 2. The highest BCUT2D eigenvalue weighted by Crippen LogP contribution is 2.24. The van der Waals surface area contributed by atoms with Gasteiger partial charge in [-0.1, -0.05) is 11.6 Å². The third-order valence-electron chi connectivity index (χ3n) is 3.41. The van der Waals surface area contributed by atoms with E-state index in [9.17, 15) is 0 Å². The lowest BCUT2D eigenvalue weighted by molar-refractivity contribution is 0.314. The monoisotopic (exact) mass is 341 g/mol. The van der Waals surface area contributed by atoms with E-state index in [2.05, 4.69) is 30.7 Å². The Balaban J connectivity index is 1.87. The topological polar surface area (TPSA) is 94.5 Å². The second kappa shape index (κ2) is 5.57. The molecule has 1 N–H and O–H groups in total. The minimum atomic E-state index is 0.316. The van der Waals surface area contributed by atoms with Gasteiger partial charge in [-0.2, -0.15) is 10.1 Å². The Hall–Kier alpha value is -3.00. The van der Waals surface area contributed by atoms with Crippen LogP contribution in [0, 0.1) is 13.8 Å². The number of hydrogen-bond donors (Lipinski definition) is 1. The Morgan fingerprint density at radius 2 is 1.75 bits per heavy atom. The van der Waals surface area contributed by atoms with Gasteiger partial charge in [-0.15, -0.1) is 0 Å². The van der Waals surface area contributed by atoms with Crippen LogP contribution in [0.25, 0.3) is 17.1 Å². The number of hydrogen-bond acceptors (Lipinski definition) is 7. The molecular weight excluding hydrogens is 330 g/mol. The van der Waals surface area contributed by atoms with Crippen molar-refractivity contribution in [3.8, 4) is 5.82 Å². The molecule has 0 spiro atoms. The van der Waals surface area contributed by atoms with Crippen LogP contribution in [0.15, 0.2) is 35.0 Å². The van der Waals surface area contributed by atoms with Crippen molar-refractivity contribution in [3.63, 3.8) is 0 Å². The summed E-state index contributed by atoms with van der Waals surface area (Å²) in [4.78, 5) is 8.92. The van der Waals surface area contributed by atoms with E-state index in [4.69, 9.17) is 16.2 Å². The number of anilines is 2. The maximum atomic E-state index is 5.93. The molecule has 0 bridgehead atoms. The summed E-state index contributed by atoms with van der Waals surface area (Å²) in [5, 5.41) is 15.8. The van der Waals surface area contributed by atoms with Gasteiger partial charge in [0.1, 0.15) is 0 Å². The van der Waals surface area contributed by atoms with Gasteiger partial charge in [0.05, 0.1) is 5.69 Å². The molecule has 9 heteroatoms. The lowest BCUT2D eigenvalue weighted by Gasteiger charge is -2.11. The fourth-order valence-electron chi connectivity index (χ4n) is 2.37. The highest BCUT2D eigenvalue weighted by atomic mass is 35.5. The first-order valence-electron chi connectivity index (χ1n) is 7.17. The molecule has 0 aliphatic heterocycles. The van der Waals surface area contributed by atoms with Crippen LogP contribution in [0.4, 0.5) is 11.5 Å². The summed E-state index contributed by atoms with van der Waals surface area (Å²) in [7, 11) is 0. The number of rotatable bonds is 3. The summed E-state index contributed by atoms with van der Waals surface area (Å²) >= 11 is 5.93. The van der Waals surface area contributed by atoms with Gasteiger partial charge < -0.3 is 5.32 Å². The van der Waals surface area contributed by atoms with Crippen molar-refractivity contribution in [3.05, 3.63) is 46.7 Å². The molecule has 0 unspecified atom stereocenters. The Labute approximate surface area is 141 Å². The smallest absolute Gasteiger partial charge is 0.245 e. The van der Waals surface area contributed by atoms with E-state index in [1.54, 1.807) is 16.8 Å². The average Bonchev–Trinajstić information content (AvgIpc) is 3.14. The zero-order valence-electron chi connectivity index (χ0n) is 12.9. The van der Waals surface area contributed by atoms with Gasteiger partial charge in [-0.25, -0.2) is 14.3 Å². The lowest BCUT2D eigenvalue weighted by atomic mass is 10.3. The van der Waals surface area contributed by atoms with E-state index < -0.39 is 0 Å². The highest BCUT2D eigenvalue weighted by Gasteiger charge is 2.17. The molecule has 0 saturated carbocycles. The van der Waals surface area contributed by atoms with Crippen LogP contribution in [0.1, 0.15) is 11.4 Å². The van der Waals surface area contributed by atoms with Crippen molar-refractivity contribution < 1.29 is 4.63 Å². The van der Waals surface area contributed by atoms with Gasteiger partial charge in [0.15, 0.2) is 11.6 Å². The largest absolute Gasteiger partial charge is 0.337 e. The van der Waals surface area contributed by atoms with Crippen molar-refractivity contribution in [1.82, 2.24) is 30.1 Å². The molecule has 4 rings (SSSR count). The standard InChI is InChI=1S/C15H12ClN7O/c1-8-7-9(2)23(20-8)15-14(17-11-5-3-10(16)4-6-11)18-12-13(19-15)22-24-21-12/h3-7H,1-2H3,(H,17,18,21). The van der Waals surface area contributed by atoms with Crippen molar-refractivity contribution in [2.45, 2.75) is 13.8 Å². The number of fused-ring (bicyclic) bond motifs is 1. The summed E-state index contributed by atoms with van der Waals surface area (Å²) in [6.45, 7) is 3.86. The first-order valence-corrected chi connectivity index (χ1v) is 7.54. The summed E-state index contributed by atoms with van der Waals surface area (Å²) in [5.74, 6) is 1.01. The minimum Gasteiger partial charge on any atom is -0.337 e. The predicted octanol–water partition coefficient (Wildman–Crippen LogP) is 3.21. The van der Waals surface area contributed by atoms with Crippen molar-refractivity contribution in [2.75, 3.05) is 5.32 Å². The maximum Gasteiger partial charge on any atom is 0.245 e. The summed E-state index contributed by atoms with van der Waals surface area (Å²) in [5.41, 5.74) is 3.25.